The monoisotopic (exact) mass is 252 g/mol. The van der Waals surface area contributed by atoms with Crippen LogP contribution in [0.2, 0.25) is 0 Å². The lowest BCUT2D eigenvalue weighted by Crippen LogP contribution is -2.12. The van der Waals surface area contributed by atoms with Crippen molar-refractivity contribution in [3.8, 4) is 5.88 Å². The van der Waals surface area contributed by atoms with Gasteiger partial charge in [0.1, 0.15) is 11.5 Å². The van der Waals surface area contributed by atoms with E-state index in [0.717, 1.165) is 25.2 Å². The van der Waals surface area contributed by atoms with Gasteiger partial charge in [-0.3, -0.25) is 0 Å². The number of hydrogen-bond donors (Lipinski definition) is 2. The van der Waals surface area contributed by atoms with Crippen LogP contribution < -0.4 is 15.8 Å². The maximum Gasteiger partial charge on any atom is 0.242 e. The maximum atomic E-state index is 6.00. The average molecular weight is 252 g/mol. The molecule has 1 aromatic heterocycles. The van der Waals surface area contributed by atoms with Crippen LogP contribution in [0.3, 0.4) is 0 Å². The second-order valence-electron chi connectivity index (χ2n) is 4.68. The Morgan fingerprint density at radius 1 is 1.28 bits per heavy atom. The number of aromatic nitrogens is 2. The van der Waals surface area contributed by atoms with Gasteiger partial charge in [0.25, 0.3) is 0 Å². The molecule has 0 saturated carbocycles. The van der Waals surface area contributed by atoms with Crippen LogP contribution in [-0.2, 0) is 6.42 Å². The van der Waals surface area contributed by atoms with Gasteiger partial charge in [0.2, 0.25) is 5.88 Å². The summed E-state index contributed by atoms with van der Waals surface area (Å²) in [6, 6.07) is 0. The summed E-state index contributed by atoms with van der Waals surface area (Å²) in [6.07, 6.45) is 1.75. The minimum absolute atomic E-state index is 0.498. The molecule has 0 aliphatic carbocycles. The highest BCUT2D eigenvalue weighted by molar-refractivity contribution is 5.66. The van der Waals surface area contributed by atoms with E-state index in [1.165, 1.54) is 0 Å². The van der Waals surface area contributed by atoms with Crippen LogP contribution in [0.5, 0.6) is 5.88 Å². The molecule has 0 radical (unpaired) electrons. The molecule has 1 heterocycles. The Balaban J connectivity index is 3.01. The molecule has 0 atom stereocenters. The fourth-order valence-electron chi connectivity index (χ4n) is 1.56. The summed E-state index contributed by atoms with van der Waals surface area (Å²) < 4.78 is 5.58. The molecule has 5 heteroatoms. The largest absolute Gasteiger partial charge is 0.476 e. The Kier molecular flexibility index (Phi) is 5.68. The van der Waals surface area contributed by atoms with Gasteiger partial charge in [0.05, 0.1) is 6.61 Å². The van der Waals surface area contributed by atoms with E-state index in [4.69, 9.17) is 10.5 Å². The highest BCUT2D eigenvalue weighted by Crippen LogP contribution is 2.26. The molecule has 1 rings (SSSR count). The summed E-state index contributed by atoms with van der Waals surface area (Å²) in [5.41, 5.74) is 6.50. The third-order valence-corrected chi connectivity index (χ3v) is 2.33. The first-order valence-electron chi connectivity index (χ1n) is 6.61. The van der Waals surface area contributed by atoms with Gasteiger partial charge in [-0.05, 0) is 19.3 Å². The molecule has 5 nitrogen and oxygen atoms in total. The van der Waals surface area contributed by atoms with Crippen molar-refractivity contribution in [3.63, 3.8) is 0 Å². The SMILES string of the molecule is CCCOc1nc(CC(C)C)nc(NCC)c1N. The topological polar surface area (TPSA) is 73.1 Å². The van der Waals surface area contributed by atoms with Crippen LogP contribution >= 0.6 is 0 Å². The highest BCUT2D eigenvalue weighted by Gasteiger charge is 2.13. The van der Waals surface area contributed by atoms with E-state index in [1.54, 1.807) is 0 Å². The Morgan fingerprint density at radius 2 is 2.00 bits per heavy atom. The fourth-order valence-corrected chi connectivity index (χ4v) is 1.56. The lowest BCUT2D eigenvalue weighted by atomic mass is 10.1. The summed E-state index contributed by atoms with van der Waals surface area (Å²) in [5.74, 6) is 2.45. The molecule has 0 spiro atoms. The van der Waals surface area contributed by atoms with Gasteiger partial charge in [-0.2, -0.15) is 4.98 Å². The van der Waals surface area contributed by atoms with Gasteiger partial charge >= 0.3 is 0 Å². The molecule has 1 aromatic rings. The van der Waals surface area contributed by atoms with Gasteiger partial charge in [-0.25, -0.2) is 4.98 Å². The molecule has 0 bridgehead atoms. The normalized spacial score (nSPS) is 10.7. The van der Waals surface area contributed by atoms with Crippen molar-refractivity contribution in [1.29, 1.82) is 0 Å². The molecule has 0 aliphatic heterocycles. The second kappa shape index (κ2) is 7.03. The van der Waals surface area contributed by atoms with Crippen molar-refractivity contribution in [2.45, 2.75) is 40.5 Å². The third-order valence-electron chi connectivity index (χ3n) is 2.33. The van der Waals surface area contributed by atoms with Crippen LogP contribution in [-0.4, -0.2) is 23.1 Å². The van der Waals surface area contributed by atoms with Gasteiger partial charge in [0, 0.05) is 13.0 Å². The van der Waals surface area contributed by atoms with Crippen molar-refractivity contribution >= 4 is 11.5 Å². The lowest BCUT2D eigenvalue weighted by molar-refractivity contribution is 0.305. The van der Waals surface area contributed by atoms with E-state index < -0.39 is 0 Å². The van der Waals surface area contributed by atoms with Crippen molar-refractivity contribution < 1.29 is 4.74 Å². The highest BCUT2D eigenvalue weighted by atomic mass is 16.5. The molecular formula is C13H24N4O. The van der Waals surface area contributed by atoms with E-state index in [1.807, 2.05) is 6.92 Å². The van der Waals surface area contributed by atoms with E-state index >= 15 is 0 Å². The van der Waals surface area contributed by atoms with Crippen LogP contribution in [0.15, 0.2) is 0 Å². The van der Waals surface area contributed by atoms with E-state index in [0.29, 0.717) is 29.9 Å². The van der Waals surface area contributed by atoms with Gasteiger partial charge in [-0.1, -0.05) is 20.8 Å². The van der Waals surface area contributed by atoms with Crippen LogP contribution in [0.1, 0.15) is 39.9 Å². The fraction of sp³-hybridized carbons (Fsp3) is 0.692. The number of nitrogen functional groups attached to an aromatic ring is 1. The van der Waals surface area contributed by atoms with Crippen molar-refractivity contribution in [2.24, 2.45) is 5.92 Å². The molecule has 0 aliphatic rings. The first-order valence-corrected chi connectivity index (χ1v) is 6.61. The van der Waals surface area contributed by atoms with Crippen molar-refractivity contribution in [1.82, 2.24) is 9.97 Å². The van der Waals surface area contributed by atoms with Gasteiger partial charge in [0.15, 0.2) is 5.82 Å². The number of anilines is 2. The van der Waals surface area contributed by atoms with Crippen molar-refractivity contribution in [2.75, 3.05) is 24.2 Å². The molecule has 0 saturated heterocycles. The first-order chi connectivity index (χ1) is 8.58. The van der Waals surface area contributed by atoms with E-state index in [2.05, 4.69) is 36.1 Å². The van der Waals surface area contributed by atoms with Gasteiger partial charge < -0.3 is 15.8 Å². The molecule has 102 valence electrons. The lowest BCUT2D eigenvalue weighted by Gasteiger charge is -2.14. The minimum atomic E-state index is 0.498. The predicted molar refractivity (Wildman–Crippen MR) is 74.9 cm³/mol. The van der Waals surface area contributed by atoms with E-state index in [9.17, 15) is 0 Å². The van der Waals surface area contributed by atoms with Crippen LogP contribution in [0.4, 0.5) is 11.5 Å². The minimum Gasteiger partial charge on any atom is -0.476 e. The Hall–Kier alpha value is -1.52. The Bertz CT molecular complexity index is 379. The maximum absolute atomic E-state index is 6.00. The molecular weight excluding hydrogens is 228 g/mol. The Morgan fingerprint density at radius 3 is 2.56 bits per heavy atom. The third kappa shape index (κ3) is 4.05. The number of rotatable bonds is 7. The van der Waals surface area contributed by atoms with Crippen molar-refractivity contribution in [3.05, 3.63) is 5.82 Å². The number of nitrogens with zero attached hydrogens (tertiary/aromatic N) is 2. The summed E-state index contributed by atoms with van der Waals surface area (Å²) in [5, 5.41) is 3.15. The van der Waals surface area contributed by atoms with Crippen LogP contribution in [0, 0.1) is 5.92 Å². The predicted octanol–water partition coefficient (Wildman–Crippen LogP) is 2.48. The summed E-state index contributed by atoms with van der Waals surface area (Å²) in [7, 11) is 0. The zero-order chi connectivity index (χ0) is 13.5. The quantitative estimate of drug-likeness (QED) is 0.780. The molecule has 0 unspecified atom stereocenters. The molecule has 0 amide bonds. The zero-order valence-corrected chi connectivity index (χ0v) is 11.8. The first kappa shape index (κ1) is 14.5. The summed E-state index contributed by atoms with van der Waals surface area (Å²) in [6.45, 7) is 9.73. The molecule has 0 fully saturated rings. The number of ether oxygens (including phenoxy) is 1. The number of nitrogens with two attached hydrogens (primary N) is 1. The molecule has 0 aromatic carbocycles. The van der Waals surface area contributed by atoms with Crippen LogP contribution in [0.25, 0.3) is 0 Å². The smallest absolute Gasteiger partial charge is 0.242 e. The average Bonchev–Trinajstić information content (AvgIpc) is 2.31. The molecule has 3 N–H and O–H groups in total. The standard InChI is InChI=1S/C13H24N4O/c1-5-7-18-13-11(14)12(15-6-2)16-10(17-13)8-9(3)4/h9H,5-8,14H2,1-4H3,(H,15,16,17). The summed E-state index contributed by atoms with van der Waals surface area (Å²) >= 11 is 0. The van der Waals surface area contributed by atoms with Gasteiger partial charge in [-0.15, -0.1) is 0 Å². The zero-order valence-electron chi connectivity index (χ0n) is 11.8. The van der Waals surface area contributed by atoms with E-state index in [-0.39, 0.29) is 0 Å². The summed E-state index contributed by atoms with van der Waals surface area (Å²) in [4.78, 5) is 8.84. The number of hydrogen-bond acceptors (Lipinski definition) is 5. The second-order valence-corrected chi connectivity index (χ2v) is 4.68. The number of nitrogens with one attached hydrogen (secondary N) is 1. The molecule has 18 heavy (non-hydrogen) atoms. The Labute approximate surface area is 109 Å².